The van der Waals surface area contributed by atoms with Crippen molar-refractivity contribution >= 4 is 35.2 Å². The van der Waals surface area contributed by atoms with Crippen LogP contribution in [0.15, 0.2) is 89.8 Å². The molecular weight excluding hydrogens is 464 g/mol. The molecule has 3 rings (SSSR count). The molecule has 178 valence electrons. The van der Waals surface area contributed by atoms with Crippen molar-refractivity contribution in [1.29, 1.82) is 0 Å². The molecule has 34 heavy (non-hydrogen) atoms. The third-order valence-electron chi connectivity index (χ3n) is 5.33. The Morgan fingerprint density at radius 3 is 2.12 bits per heavy atom. The van der Waals surface area contributed by atoms with Crippen LogP contribution in [0.4, 0.5) is 0 Å². The van der Waals surface area contributed by atoms with Gasteiger partial charge in [-0.05, 0) is 41.3 Å². The molecule has 1 atom stereocenters. The molecule has 3 aromatic rings. The molecule has 0 aliphatic rings. The van der Waals surface area contributed by atoms with Gasteiger partial charge in [0.25, 0.3) is 0 Å². The molecule has 0 fully saturated rings. The predicted octanol–water partition coefficient (Wildman–Crippen LogP) is 5.84. The summed E-state index contributed by atoms with van der Waals surface area (Å²) in [6, 6.07) is 26.5. The Balaban J connectivity index is 1.88. The van der Waals surface area contributed by atoms with Gasteiger partial charge in [0.05, 0.1) is 5.75 Å². The fourth-order valence-corrected chi connectivity index (χ4v) is 4.44. The summed E-state index contributed by atoms with van der Waals surface area (Å²) in [5.74, 6) is 0.352. The minimum atomic E-state index is -0.624. The van der Waals surface area contributed by atoms with E-state index in [1.807, 2.05) is 84.9 Å². The SMILES string of the molecule is CC(C)CNC(=O)[C@H](Cc1ccccc1)N(Cc1ccc(Cl)cc1)C(=O)CSc1ccccc1. The van der Waals surface area contributed by atoms with Crippen LogP contribution in [-0.4, -0.2) is 35.1 Å². The second-order valence-electron chi connectivity index (χ2n) is 8.59. The van der Waals surface area contributed by atoms with Gasteiger partial charge in [-0.1, -0.05) is 86.1 Å². The van der Waals surface area contributed by atoms with Crippen molar-refractivity contribution in [2.45, 2.75) is 37.8 Å². The molecule has 0 bridgehead atoms. The van der Waals surface area contributed by atoms with E-state index in [2.05, 4.69) is 19.2 Å². The molecule has 4 nitrogen and oxygen atoms in total. The van der Waals surface area contributed by atoms with Crippen molar-refractivity contribution in [2.75, 3.05) is 12.3 Å². The summed E-state index contributed by atoms with van der Waals surface area (Å²) in [6.07, 6.45) is 0.445. The Bertz CT molecular complexity index is 1040. The molecule has 0 saturated carbocycles. The summed E-state index contributed by atoms with van der Waals surface area (Å²) in [4.78, 5) is 29.7. The summed E-state index contributed by atoms with van der Waals surface area (Å²) in [5, 5.41) is 3.68. The van der Waals surface area contributed by atoms with Crippen molar-refractivity contribution in [2.24, 2.45) is 5.92 Å². The Kier molecular flexibility index (Phi) is 10.0. The number of halogens is 1. The van der Waals surface area contributed by atoms with Gasteiger partial charge in [-0.2, -0.15) is 0 Å². The summed E-state index contributed by atoms with van der Waals surface area (Å²) in [6.45, 7) is 5.00. The number of carbonyl (C=O) groups is 2. The van der Waals surface area contributed by atoms with Gasteiger partial charge < -0.3 is 10.2 Å². The summed E-state index contributed by atoms with van der Waals surface area (Å²) < 4.78 is 0. The Labute approximate surface area is 211 Å². The lowest BCUT2D eigenvalue weighted by Gasteiger charge is -2.32. The van der Waals surface area contributed by atoms with Crippen molar-refractivity contribution < 1.29 is 9.59 Å². The highest BCUT2D eigenvalue weighted by molar-refractivity contribution is 8.00. The second-order valence-corrected chi connectivity index (χ2v) is 10.1. The van der Waals surface area contributed by atoms with Crippen LogP contribution in [0.5, 0.6) is 0 Å². The van der Waals surface area contributed by atoms with E-state index in [-0.39, 0.29) is 17.6 Å². The second kappa shape index (κ2) is 13.2. The van der Waals surface area contributed by atoms with Gasteiger partial charge in [0.1, 0.15) is 6.04 Å². The first kappa shape index (κ1) is 25.9. The summed E-state index contributed by atoms with van der Waals surface area (Å²) in [5.41, 5.74) is 1.94. The molecule has 1 N–H and O–H groups in total. The first-order valence-corrected chi connectivity index (χ1v) is 12.8. The van der Waals surface area contributed by atoms with Crippen LogP contribution in [-0.2, 0) is 22.6 Å². The highest BCUT2D eigenvalue weighted by atomic mass is 35.5. The summed E-state index contributed by atoms with van der Waals surface area (Å²) >= 11 is 7.55. The molecule has 2 amide bonds. The molecule has 0 spiro atoms. The van der Waals surface area contributed by atoms with E-state index in [9.17, 15) is 9.59 Å². The van der Waals surface area contributed by atoms with Gasteiger partial charge in [0, 0.05) is 29.4 Å². The van der Waals surface area contributed by atoms with Crippen LogP contribution >= 0.6 is 23.4 Å². The highest BCUT2D eigenvalue weighted by Crippen LogP contribution is 2.21. The number of hydrogen-bond acceptors (Lipinski definition) is 3. The van der Waals surface area contributed by atoms with Crippen molar-refractivity contribution in [3.63, 3.8) is 0 Å². The minimum absolute atomic E-state index is 0.0792. The van der Waals surface area contributed by atoms with E-state index >= 15 is 0 Å². The molecule has 6 heteroatoms. The maximum absolute atomic E-state index is 13.6. The molecule has 3 aromatic carbocycles. The van der Waals surface area contributed by atoms with Gasteiger partial charge >= 0.3 is 0 Å². The minimum Gasteiger partial charge on any atom is -0.354 e. The van der Waals surface area contributed by atoms with Gasteiger partial charge in [-0.25, -0.2) is 0 Å². The molecule has 0 aliphatic carbocycles. The van der Waals surface area contributed by atoms with Crippen molar-refractivity contribution in [3.8, 4) is 0 Å². The topological polar surface area (TPSA) is 49.4 Å². The average molecular weight is 495 g/mol. The molecular formula is C28H31ClN2O2S. The molecule has 0 heterocycles. The lowest BCUT2D eigenvalue weighted by molar-refractivity contribution is -0.139. The third-order valence-corrected chi connectivity index (χ3v) is 6.58. The van der Waals surface area contributed by atoms with Crippen molar-refractivity contribution in [1.82, 2.24) is 10.2 Å². The van der Waals surface area contributed by atoms with Crippen LogP contribution in [0.1, 0.15) is 25.0 Å². The number of thioether (sulfide) groups is 1. The first-order valence-electron chi connectivity index (χ1n) is 11.5. The van der Waals surface area contributed by atoms with E-state index in [0.717, 1.165) is 16.0 Å². The summed E-state index contributed by atoms with van der Waals surface area (Å²) in [7, 11) is 0. The number of carbonyl (C=O) groups excluding carboxylic acids is 2. The maximum atomic E-state index is 13.6. The molecule has 0 radical (unpaired) electrons. The zero-order valence-corrected chi connectivity index (χ0v) is 21.2. The zero-order valence-electron chi connectivity index (χ0n) is 19.6. The molecule has 0 aliphatic heterocycles. The Morgan fingerprint density at radius 2 is 1.50 bits per heavy atom. The number of hydrogen-bond donors (Lipinski definition) is 1. The lowest BCUT2D eigenvalue weighted by Crippen LogP contribution is -2.51. The zero-order chi connectivity index (χ0) is 24.3. The predicted molar refractivity (Wildman–Crippen MR) is 141 cm³/mol. The maximum Gasteiger partial charge on any atom is 0.243 e. The number of benzene rings is 3. The number of rotatable bonds is 11. The number of nitrogens with one attached hydrogen (secondary N) is 1. The van der Waals surface area contributed by atoms with E-state index in [4.69, 9.17) is 11.6 Å². The van der Waals surface area contributed by atoms with Gasteiger partial charge in [-0.3, -0.25) is 9.59 Å². The van der Waals surface area contributed by atoms with Crippen LogP contribution in [0.3, 0.4) is 0 Å². The first-order chi connectivity index (χ1) is 16.4. The lowest BCUT2D eigenvalue weighted by atomic mass is 10.0. The highest BCUT2D eigenvalue weighted by Gasteiger charge is 2.30. The van der Waals surface area contributed by atoms with Crippen LogP contribution in [0, 0.1) is 5.92 Å². The number of amides is 2. The monoisotopic (exact) mass is 494 g/mol. The molecule has 0 unspecified atom stereocenters. The van der Waals surface area contributed by atoms with Gasteiger partial charge in [0.15, 0.2) is 0 Å². The smallest absolute Gasteiger partial charge is 0.243 e. The fourth-order valence-electron chi connectivity index (χ4n) is 3.51. The van der Waals surface area contributed by atoms with Crippen LogP contribution < -0.4 is 5.32 Å². The van der Waals surface area contributed by atoms with Gasteiger partial charge in [-0.15, -0.1) is 11.8 Å². The largest absolute Gasteiger partial charge is 0.354 e. The molecule has 0 aromatic heterocycles. The third kappa shape index (κ3) is 8.23. The van der Waals surface area contributed by atoms with E-state index in [1.165, 1.54) is 11.8 Å². The normalized spacial score (nSPS) is 11.8. The average Bonchev–Trinajstić information content (AvgIpc) is 2.85. The Morgan fingerprint density at radius 1 is 0.882 bits per heavy atom. The van der Waals surface area contributed by atoms with E-state index < -0.39 is 6.04 Å². The quantitative estimate of drug-likeness (QED) is 0.340. The van der Waals surface area contributed by atoms with Crippen LogP contribution in [0.2, 0.25) is 5.02 Å². The Hall–Kier alpha value is -2.76. The van der Waals surface area contributed by atoms with Gasteiger partial charge in [0.2, 0.25) is 11.8 Å². The number of nitrogens with zero attached hydrogens (tertiary/aromatic N) is 1. The van der Waals surface area contributed by atoms with E-state index in [1.54, 1.807) is 4.90 Å². The van der Waals surface area contributed by atoms with Crippen LogP contribution in [0.25, 0.3) is 0 Å². The molecule has 0 saturated heterocycles. The van der Waals surface area contributed by atoms with Crippen molar-refractivity contribution in [3.05, 3.63) is 101 Å². The van der Waals surface area contributed by atoms with E-state index in [0.29, 0.717) is 30.5 Å². The standard InChI is InChI=1S/C28H31ClN2O2S/c1-21(2)18-30-28(33)26(17-22-9-5-3-6-10-22)31(19-23-13-15-24(29)16-14-23)27(32)20-34-25-11-7-4-8-12-25/h3-16,21,26H,17-20H2,1-2H3,(H,30,33)/t26-/m0/s1. The fraction of sp³-hybridized carbons (Fsp3) is 0.286.